The Morgan fingerprint density at radius 1 is 1.29 bits per heavy atom. The number of aromatic amines is 1. The third-order valence-electron chi connectivity index (χ3n) is 3.29. The van der Waals surface area contributed by atoms with E-state index in [4.69, 9.17) is 0 Å². The fraction of sp³-hybridized carbons (Fsp3) is 0.167. The maximum atomic E-state index is 12.4. The van der Waals surface area contributed by atoms with Crippen LogP contribution in [0.25, 0.3) is 16.8 Å². The lowest BCUT2D eigenvalue weighted by atomic mass is 10.3. The van der Waals surface area contributed by atoms with Crippen molar-refractivity contribution in [2.24, 2.45) is 0 Å². The Kier molecular flexibility index (Phi) is 2.49. The monoisotopic (exact) mass is 282 g/mol. The lowest BCUT2D eigenvalue weighted by Crippen LogP contribution is -2.22. The molecule has 0 saturated heterocycles. The molecule has 0 radical (unpaired) electrons. The second-order valence-corrected chi connectivity index (χ2v) is 4.55. The highest BCUT2D eigenvalue weighted by Crippen LogP contribution is 2.06. The second kappa shape index (κ2) is 4.47. The van der Waals surface area contributed by atoms with Gasteiger partial charge in [0, 0.05) is 31.1 Å². The zero-order chi connectivity index (χ0) is 14.2. The van der Waals surface area contributed by atoms with Gasteiger partial charge in [0.15, 0.2) is 5.52 Å². The van der Waals surface area contributed by atoms with E-state index in [2.05, 4.69) is 30.2 Å². The van der Waals surface area contributed by atoms with Gasteiger partial charge in [0.25, 0.3) is 11.3 Å². The van der Waals surface area contributed by atoms with Gasteiger partial charge in [-0.1, -0.05) is 0 Å². The first-order chi connectivity index (χ1) is 10.3. The number of nitrogens with zero attached hydrogens (tertiary/aromatic N) is 7. The average Bonchev–Trinajstić information content (AvgIpc) is 3.17. The number of H-pyrrole nitrogens is 1. The molecule has 0 aliphatic rings. The molecule has 0 bridgehead atoms. The summed E-state index contributed by atoms with van der Waals surface area (Å²) in [6.45, 7) is 0.536. The molecule has 9 nitrogen and oxygen atoms in total. The predicted molar refractivity (Wildman–Crippen MR) is 72.6 cm³/mol. The molecular formula is C12H10N8O. The van der Waals surface area contributed by atoms with E-state index < -0.39 is 0 Å². The lowest BCUT2D eigenvalue weighted by Gasteiger charge is -2.06. The smallest absolute Gasteiger partial charge is 0.280 e. The number of aromatic nitrogens is 8. The zero-order valence-corrected chi connectivity index (χ0v) is 10.8. The Morgan fingerprint density at radius 2 is 2.24 bits per heavy atom. The molecule has 4 aromatic rings. The van der Waals surface area contributed by atoms with Gasteiger partial charge in [-0.05, 0) is 6.07 Å². The van der Waals surface area contributed by atoms with Gasteiger partial charge in [0.05, 0.1) is 6.33 Å². The molecule has 0 atom stereocenters. The summed E-state index contributed by atoms with van der Waals surface area (Å²) < 4.78 is 3.10. The summed E-state index contributed by atoms with van der Waals surface area (Å²) >= 11 is 0. The molecule has 1 N–H and O–H groups in total. The SMILES string of the molecule is O=c1c2nnc3ncnn3c2ccn1CCc1cnc[nH]1. The normalized spacial score (nSPS) is 11.4. The molecule has 21 heavy (non-hydrogen) atoms. The Balaban J connectivity index is 1.79. The Bertz CT molecular complexity index is 968. The summed E-state index contributed by atoms with van der Waals surface area (Å²) in [6.07, 6.45) is 7.15. The topological polar surface area (TPSA) is 107 Å². The quantitative estimate of drug-likeness (QED) is 0.557. The number of aryl methyl sites for hydroxylation is 2. The molecule has 4 aromatic heterocycles. The number of nitrogens with one attached hydrogen (secondary N) is 1. The summed E-state index contributed by atoms with van der Waals surface area (Å²) in [5.41, 5.74) is 1.65. The van der Waals surface area contributed by atoms with E-state index in [1.54, 1.807) is 29.4 Å². The van der Waals surface area contributed by atoms with E-state index >= 15 is 0 Å². The van der Waals surface area contributed by atoms with Crippen LogP contribution in [0.2, 0.25) is 0 Å². The van der Waals surface area contributed by atoms with Crippen molar-refractivity contribution in [1.82, 2.24) is 39.3 Å². The van der Waals surface area contributed by atoms with Gasteiger partial charge in [-0.25, -0.2) is 4.98 Å². The summed E-state index contributed by atoms with van der Waals surface area (Å²) in [7, 11) is 0. The zero-order valence-electron chi connectivity index (χ0n) is 10.8. The molecule has 0 aromatic carbocycles. The molecule has 0 saturated carbocycles. The van der Waals surface area contributed by atoms with Gasteiger partial charge >= 0.3 is 0 Å². The number of imidazole rings is 1. The number of pyridine rings is 1. The number of hydrogen-bond donors (Lipinski definition) is 1. The van der Waals surface area contributed by atoms with Gasteiger partial charge in [0.1, 0.15) is 11.8 Å². The van der Waals surface area contributed by atoms with E-state index in [0.717, 1.165) is 5.69 Å². The van der Waals surface area contributed by atoms with Crippen LogP contribution in [0, 0.1) is 0 Å². The van der Waals surface area contributed by atoms with Crippen molar-refractivity contribution in [2.75, 3.05) is 0 Å². The number of rotatable bonds is 3. The van der Waals surface area contributed by atoms with Crippen molar-refractivity contribution >= 4 is 16.8 Å². The third kappa shape index (κ3) is 1.86. The van der Waals surface area contributed by atoms with Gasteiger partial charge in [-0.3, -0.25) is 4.79 Å². The van der Waals surface area contributed by atoms with Crippen molar-refractivity contribution in [3.05, 3.63) is 47.2 Å². The van der Waals surface area contributed by atoms with E-state index in [0.29, 0.717) is 24.3 Å². The standard InChI is InChI=1S/C12H10N8O/c21-11-10-9(20-12(18-17-10)15-7-16-20)2-4-19(11)3-1-8-5-13-6-14-8/h2,4-7H,1,3H2,(H,13,14). The second-order valence-electron chi connectivity index (χ2n) is 4.55. The molecule has 104 valence electrons. The Morgan fingerprint density at radius 3 is 3.10 bits per heavy atom. The largest absolute Gasteiger partial charge is 0.348 e. The molecule has 0 unspecified atom stereocenters. The Labute approximate surface area is 117 Å². The van der Waals surface area contributed by atoms with E-state index in [1.807, 2.05) is 0 Å². The number of fused-ring (bicyclic) bond motifs is 3. The van der Waals surface area contributed by atoms with E-state index in [1.165, 1.54) is 10.8 Å². The molecule has 9 heteroatoms. The highest BCUT2D eigenvalue weighted by Gasteiger charge is 2.10. The van der Waals surface area contributed by atoms with Crippen LogP contribution in [0.4, 0.5) is 0 Å². The molecule has 0 aliphatic carbocycles. The first-order valence-electron chi connectivity index (χ1n) is 6.36. The minimum atomic E-state index is -0.197. The minimum absolute atomic E-state index is 0.197. The van der Waals surface area contributed by atoms with Crippen LogP contribution in [0.15, 0.2) is 35.9 Å². The van der Waals surface area contributed by atoms with Crippen LogP contribution < -0.4 is 5.56 Å². The van der Waals surface area contributed by atoms with Crippen molar-refractivity contribution in [1.29, 1.82) is 0 Å². The average molecular weight is 282 g/mol. The fourth-order valence-corrected chi connectivity index (χ4v) is 2.22. The van der Waals surface area contributed by atoms with Crippen molar-refractivity contribution in [3.63, 3.8) is 0 Å². The summed E-state index contributed by atoms with van der Waals surface area (Å²) in [4.78, 5) is 23.3. The van der Waals surface area contributed by atoms with Crippen molar-refractivity contribution in [3.8, 4) is 0 Å². The van der Waals surface area contributed by atoms with Crippen molar-refractivity contribution in [2.45, 2.75) is 13.0 Å². The maximum absolute atomic E-state index is 12.4. The fourth-order valence-electron chi connectivity index (χ4n) is 2.22. The van der Waals surface area contributed by atoms with Crippen LogP contribution in [0.1, 0.15) is 5.69 Å². The molecule has 4 rings (SSSR count). The molecule has 0 aliphatic heterocycles. The molecule has 4 heterocycles. The first-order valence-corrected chi connectivity index (χ1v) is 6.36. The Hall–Kier alpha value is -3.10. The van der Waals surface area contributed by atoms with Gasteiger partial charge < -0.3 is 9.55 Å². The molecular weight excluding hydrogens is 272 g/mol. The summed E-state index contributed by atoms with van der Waals surface area (Å²) in [5.74, 6) is 0.372. The molecule has 0 spiro atoms. The lowest BCUT2D eigenvalue weighted by molar-refractivity contribution is 0.664. The van der Waals surface area contributed by atoms with Crippen LogP contribution in [0.3, 0.4) is 0 Å². The van der Waals surface area contributed by atoms with Crippen molar-refractivity contribution < 1.29 is 0 Å². The van der Waals surface area contributed by atoms with E-state index in [9.17, 15) is 4.79 Å². The van der Waals surface area contributed by atoms with Crippen LogP contribution in [-0.2, 0) is 13.0 Å². The maximum Gasteiger partial charge on any atom is 0.280 e. The highest BCUT2D eigenvalue weighted by molar-refractivity contribution is 5.74. The third-order valence-corrected chi connectivity index (χ3v) is 3.29. The summed E-state index contributed by atoms with van der Waals surface area (Å²) in [6, 6.07) is 1.79. The molecule has 0 fully saturated rings. The van der Waals surface area contributed by atoms with E-state index in [-0.39, 0.29) is 11.1 Å². The van der Waals surface area contributed by atoms with Crippen LogP contribution >= 0.6 is 0 Å². The predicted octanol–water partition coefficient (Wildman–Crippen LogP) is -0.200. The van der Waals surface area contributed by atoms with Crippen LogP contribution in [0.5, 0.6) is 0 Å². The highest BCUT2D eigenvalue weighted by atomic mass is 16.1. The first kappa shape index (κ1) is 11.7. The summed E-state index contributed by atoms with van der Waals surface area (Å²) in [5, 5.41) is 11.9. The van der Waals surface area contributed by atoms with Gasteiger partial charge in [-0.15, -0.1) is 10.2 Å². The molecule has 0 amide bonds. The van der Waals surface area contributed by atoms with Crippen LogP contribution in [-0.4, -0.2) is 39.3 Å². The number of hydrogen-bond acceptors (Lipinski definition) is 6. The van der Waals surface area contributed by atoms with Gasteiger partial charge in [-0.2, -0.15) is 14.6 Å². The van der Waals surface area contributed by atoms with Gasteiger partial charge in [0.2, 0.25) is 0 Å². The minimum Gasteiger partial charge on any atom is -0.348 e.